The number of nitrogens with zero attached hydrogens (tertiary/aromatic N) is 1. The maximum atomic E-state index is 5.91. The Morgan fingerprint density at radius 1 is 1.04 bits per heavy atom. The molecule has 1 fully saturated rings. The van der Waals surface area contributed by atoms with Gasteiger partial charge >= 0.3 is 0 Å². The normalized spacial score (nSPS) is 21.9. The van der Waals surface area contributed by atoms with E-state index in [9.17, 15) is 0 Å². The largest absolute Gasteiger partial charge is 0.454 e. The van der Waals surface area contributed by atoms with Gasteiger partial charge in [-0.25, -0.2) is 0 Å². The summed E-state index contributed by atoms with van der Waals surface area (Å²) in [7, 11) is 0. The first-order valence-corrected chi connectivity index (χ1v) is 11.3. The van der Waals surface area contributed by atoms with Crippen molar-refractivity contribution in [2.75, 3.05) is 13.3 Å². The highest BCUT2D eigenvalue weighted by molar-refractivity contribution is 7.80. The van der Waals surface area contributed by atoms with Crippen molar-refractivity contribution in [3.8, 4) is 11.5 Å². The van der Waals surface area contributed by atoms with Crippen molar-refractivity contribution in [2.24, 2.45) is 5.92 Å². The van der Waals surface area contributed by atoms with Gasteiger partial charge in [-0.2, -0.15) is 0 Å². The van der Waals surface area contributed by atoms with E-state index in [1.807, 2.05) is 6.07 Å². The highest BCUT2D eigenvalue weighted by Gasteiger charge is 2.22. The molecule has 0 radical (unpaired) electrons. The van der Waals surface area contributed by atoms with Gasteiger partial charge in [0.05, 0.1) is 0 Å². The molecule has 5 heteroatoms. The van der Waals surface area contributed by atoms with Crippen LogP contribution in [-0.4, -0.2) is 29.4 Å². The third kappa shape index (κ3) is 5.19. The fourth-order valence-corrected chi connectivity index (χ4v) is 4.81. The summed E-state index contributed by atoms with van der Waals surface area (Å²) < 4.78 is 11.0. The summed E-state index contributed by atoms with van der Waals surface area (Å²) in [6.07, 6.45) is 16.1. The summed E-state index contributed by atoms with van der Waals surface area (Å²) in [5, 5.41) is 4.62. The molecule has 1 aromatic carbocycles. The predicted octanol–water partition coefficient (Wildman–Crippen LogP) is 5.17. The van der Waals surface area contributed by atoms with E-state index in [1.54, 1.807) is 0 Å². The molecule has 1 heterocycles. The smallest absolute Gasteiger partial charge is 0.231 e. The lowest BCUT2D eigenvalue weighted by atomic mass is 9.94. The first-order chi connectivity index (χ1) is 13.8. The van der Waals surface area contributed by atoms with Crippen molar-refractivity contribution in [1.82, 2.24) is 10.2 Å². The van der Waals surface area contributed by atoms with E-state index in [1.165, 1.54) is 56.9 Å². The number of hydrogen-bond donors (Lipinski definition) is 1. The SMILES string of the molecule is S=C(NC1CCCCCC1)N(Cc1ccc2c(c1)OCO2)CC1CC=CCC1. The summed E-state index contributed by atoms with van der Waals surface area (Å²) in [5.74, 6) is 2.36. The highest BCUT2D eigenvalue weighted by Crippen LogP contribution is 2.33. The number of ether oxygens (including phenoxy) is 2. The van der Waals surface area contributed by atoms with Crippen molar-refractivity contribution in [1.29, 1.82) is 0 Å². The first-order valence-electron chi connectivity index (χ1n) is 10.9. The van der Waals surface area contributed by atoms with Gasteiger partial charge in [0.2, 0.25) is 6.79 Å². The fourth-order valence-electron chi connectivity index (χ4n) is 4.50. The summed E-state index contributed by atoms with van der Waals surface area (Å²) in [4.78, 5) is 2.38. The number of fused-ring (bicyclic) bond motifs is 1. The molecule has 1 N–H and O–H groups in total. The Balaban J connectivity index is 1.44. The number of thiocarbonyl (C=S) groups is 1. The van der Waals surface area contributed by atoms with Crippen LogP contribution in [0.3, 0.4) is 0 Å². The molecular formula is C23H32N2O2S. The number of allylic oxidation sites excluding steroid dienone is 2. The molecule has 152 valence electrons. The van der Waals surface area contributed by atoms with Crippen molar-refractivity contribution >= 4 is 17.3 Å². The van der Waals surface area contributed by atoms with E-state index in [-0.39, 0.29) is 0 Å². The van der Waals surface area contributed by atoms with Crippen molar-refractivity contribution in [3.05, 3.63) is 35.9 Å². The maximum Gasteiger partial charge on any atom is 0.231 e. The number of rotatable bonds is 5. The molecule has 0 spiro atoms. The third-order valence-corrected chi connectivity index (χ3v) is 6.51. The second-order valence-electron chi connectivity index (χ2n) is 8.36. The standard InChI is InChI=1S/C23H32N2O2S/c28-23(24-20-10-6-1-2-7-11-20)25(15-18-8-4-3-5-9-18)16-19-12-13-21-22(14-19)27-17-26-21/h3-4,12-14,18,20H,1-2,5-11,15-17H2,(H,24,28). The van der Waals surface area contributed by atoms with Gasteiger partial charge in [-0.05, 0) is 67.9 Å². The molecular weight excluding hydrogens is 368 g/mol. The van der Waals surface area contributed by atoms with Crippen LogP contribution in [0.5, 0.6) is 11.5 Å². The average molecular weight is 401 g/mol. The van der Waals surface area contributed by atoms with Gasteiger partial charge in [-0.3, -0.25) is 0 Å². The predicted molar refractivity (Wildman–Crippen MR) is 117 cm³/mol. The number of benzene rings is 1. The molecule has 0 aromatic heterocycles. The Morgan fingerprint density at radius 3 is 2.64 bits per heavy atom. The highest BCUT2D eigenvalue weighted by atomic mass is 32.1. The van der Waals surface area contributed by atoms with E-state index in [0.29, 0.717) is 18.8 Å². The first kappa shape index (κ1) is 19.6. The van der Waals surface area contributed by atoms with Gasteiger partial charge in [0.15, 0.2) is 16.6 Å². The van der Waals surface area contributed by atoms with Gasteiger partial charge < -0.3 is 19.7 Å². The molecule has 28 heavy (non-hydrogen) atoms. The summed E-state index contributed by atoms with van der Waals surface area (Å²) in [6, 6.07) is 6.78. The minimum Gasteiger partial charge on any atom is -0.454 e. The second-order valence-corrected chi connectivity index (χ2v) is 8.74. The van der Waals surface area contributed by atoms with Gasteiger partial charge in [-0.1, -0.05) is 43.9 Å². The van der Waals surface area contributed by atoms with Gasteiger partial charge in [-0.15, -0.1) is 0 Å². The number of hydrogen-bond acceptors (Lipinski definition) is 3. The van der Waals surface area contributed by atoms with Crippen molar-refractivity contribution in [2.45, 2.75) is 70.4 Å². The van der Waals surface area contributed by atoms with Crippen LogP contribution in [-0.2, 0) is 6.54 Å². The Hall–Kier alpha value is -1.75. The lowest BCUT2D eigenvalue weighted by Crippen LogP contribution is -2.46. The van der Waals surface area contributed by atoms with E-state index in [4.69, 9.17) is 21.7 Å². The minimum atomic E-state index is 0.318. The van der Waals surface area contributed by atoms with E-state index < -0.39 is 0 Å². The van der Waals surface area contributed by atoms with Crippen molar-refractivity contribution in [3.63, 3.8) is 0 Å². The molecule has 0 bridgehead atoms. The molecule has 2 aliphatic carbocycles. The van der Waals surface area contributed by atoms with Gasteiger partial charge in [0.25, 0.3) is 0 Å². The van der Waals surface area contributed by atoms with Crippen LogP contribution in [0.25, 0.3) is 0 Å². The van der Waals surface area contributed by atoms with Crippen molar-refractivity contribution < 1.29 is 9.47 Å². The lowest BCUT2D eigenvalue weighted by molar-refractivity contribution is 0.174. The zero-order valence-electron chi connectivity index (χ0n) is 16.7. The second kappa shape index (κ2) is 9.64. The molecule has 1 unspecified atom stereocenters. The maximum absolute atomic E-state index is 5.91. The molecule has 1 aliphatic heterocycles. The van der Waals surface area contributed by atoms with Crippen LogP contribution >= 0.6 is 12.2 Å². The van der Waals surface area contributed by atoms with Crippen LogP contribution in [0.2, 0.25) is 0 Å². The van der Waals surface area contributed by atoms with Gasteiger partial charge in [0, 0.05) is 19.1 Å². The summed E-state index contributed by atoms with van der Waals surface area (Å²) in [6.45, 7) is 2.14. The van der Waals surface area contributed by atoms with Crippen LogP contribution in [0.1, 0.15) is 63.4 Å². The molecule has 0 saturated heterocycles. The molecule has 4 nitrogen and oxygen atoms in total. The minimum absolute atomic E-state index is 0.318. The van der Waals surface area contributed by atoms with Gasteiger partial charge in [0.1, 0.15) is 0 Å². The topological polar surface area (TPSA) is 33.7 Å². The Labute approximate surface area is 174 Å². The average Bonchev–Trinajstić information content (AvgIpc) is 3.03. The summed E-state index contributed by atoms with van der Waals surface area (Å²) >= 11 is 5.91. The van der Waals surface area contributed by atoms with Crippen LogP contribution in [0.4, 0.5) is 0 Å². The molecule has 1 aromatic rings. The fraction of sp³-hybridized carbons (Fsp3) is 0.609. The Bertz CT molecular complexity index is 698. The van der Waals surface area contributed by atoms with Crippen LogP contribution in [0, 0.1) is 5.92 Å². The molecule has 0 amide bonds. The lowest BCUT2D eigenvalue weighted by Gasteiger charge is -2.32. The quantitative estimate of drug-likeness (QED) is 0.419. The van der Waals surface area contributed by atoms with Crippen LogP contribution in [0.15, 0.2) is 30.4 Å². The van der Waals surface area contributed by atoms with E-state index >= 15 is 0 Å². The Kier molecular flexibility index (Phi) is 6.73. The van der Waals surface area contributed by atoms with E-state index in [2.05, 4.69) is 34.5 Å². The summed E-state index contributed by atoms with van der Waals surface area (Å²) in [5.41, 5.74) is 1.22. The monoisotopic (exact) mass is 400 g/mol. The molecule has 4 rings (SSSR count). The number of nitrogens with one attached hydrogen (secondary N) is 1. The Morgan fingerprint density at radius 2 is 1.86 bits per heavy atom. The molecule has 1 saturated carbocycles. The molecule has 1 atom stereocenters. The third-order valence-electron chi connectivity index (χ3n) is 6.14. The van der Waals surface area contributed by atoms with Crippen LogP contribution < -0.4 is 14.8 Å². The zero-order chi connectivity index (χ0) is 19.2. The molecule has 3 aliphatic rings. The zero-order valence-corrected chi connectivity index (χ0v) is 17.5. The van der Waals surface area contributed by atoms with E-state index in [0.717, 1.165) is 36.1 Å².